The molecule has 0 N–H and O–H groups in total. The number of Topliss-reactive ketones (excluding diaryl/α,β-unsaturated/α-hetero) is 1. The van der Waals surface area contributed by atoms with E-state index in [0.29, 0.717) is 5.69 Å². The fraction of sp³-hybridized carbons (Fsp3) is 0.273. The molecule has 8 heteroatoms. The highest BCUT2D eigenvalue weighted by Gasteiger charge is 2.27. The Balaban J connectivity index is 2.34. The van der Waals surface area contributed by atoms with Crippen LogP contribution in [0.2, 0.25) is 5.02 Å². The first-order valence-corrected chi connectivity index (χ1v) is 11.0. The number of halogens is 1. The molecule has 0 aliphatic rings. The fourth-order valence-electron chi connectivity index (χ4n) is 2.44. The van der Waals surface area contributed by atoms with Crippen molar-refractivity contribution in [2.24, 2.45) is 5.41 Å². The lowest BCUT2D eigenvalue weighted by Crippen LogP contribution is -2.31. The quantitative estimate of drug-likeness (QED) is 0.438. The van der Waals surface area contributed by atoms with E-state index in [1.807, 2.05) is 0 Å². The lowest BCUT2D eigenvalue weighted by atomic mass is 9.91. The van der Waals surface area contributed by atoms with Gasteiger partial charge >= 0.3 is 5.97 Å². The molecule has 2 aromatic rings. The van der Waals surface area contributed by atoms with Crippen molar-refractivity contribution in [3.05, 3.63) is 71.8 Å². The lowest BCUT2D eigenvalue weighted by molar-refractivity contribution is -0.129. The maximum atomic E-state index is 13.3. The number of ether oxygens (including phenoxy) is 1. The van der Waals surface area contributed by atoms with Crippen molar-refractivity contribution in [1.82, 2.24) is 0 Å². The Hall–Kier alpha value is -2.64. The molecule has 0 aliphatic heterocycles. The predicted molar refractivity (Wildman–Crippen MR) is 117 cm³/mol. The van der Waals surface area contributed by atoms with E-state index in [4.69, 9.17) is 16.3 Å². The van der Waals surface area contributed by atoms with Crippen LogP contribution in [0, 0.1) is 5.41 Å². The Morgan fingerprint density at radius 1 is 1.13 bits per heavy atom. The van der Waals surface area contributed by atoms with Gasteiger partial charge in [0.25, 0.3) is 10.0 Å². The number of ketones is 1. The number of sulfonamides is 1. The van der Waals surface area contributed by atoms with Gasteiger partial charge in [0.05, 0.1) is 27.7 Å². The zero-order valence-electron chi connectivity index (χ0n) is 17.1. The van der Waals surface area contributed by atoms with Crippen molar-refractivity contribution in [3.8, 4) is 0 Å². The standard InChI is InChI=1S/C22H24ClNO5S/c1-5-13-24(19-12-7-6-11-18(19)23)30(27,28)17-10-8-9-16(14-17)21(26)29-15-20(25)22(2,3)4/h5-12,14H,1,13,15H2,2-4H3. The highest BCUT2D eigenvalue weighted by molar-refractivity contribution is 7.92. The van der Waals surface area contributed by atoms with E-state index < -0.39 is 21.4 Å². The molecule has 160 valence electrons. The largest absolute Gasteiger partial charge is 0.454 e. The van der Waals surface area contributed by atoms with E-state index in [9.17, 15) is 18.0 Å². The molecule has 2 rings (SSSR count). The van der Waals surface area contributed by atoms with Crippen LogP contribution < -0.4 is 4.31 Å². The zero-order chi connectivity index (χ0) is 22.5. The van der Waals surface area contributed by atoms with Crippen LogP contribution in [0.5, 0.6) is 0 Å². The summed E-state index contributed by atoms with van der Waals surface area (Å²) in [7, 11) is -4.05. The number of carbonyl (C=O) groups is 2. The minimum atomic E-state index is -4.05. The molecule has 0 radical (unpaired) electrons. The van der Waals surface area contributed by atoms with Gasteiger partial charge in [0, 0.05) is 5.41 Å². The van der Waals surface area contributed by atoms with Gasteiger partial charge < -0.3 is 4.74 Å². The first kappa shape index (κ1) is 23.6. The summed E-state index contributed by atoms with van der Waals surface area (Å²) in [6.07, 6.45) is 1.44. The second-order valence-corrected chi connectivity index (χ2v) is 9.82. The minimum Gasteiger partial charge on any atom is -0.454 e. The molecular formula is C22H24ClNO5S. The van der Waals surface area contributed by atoms with E-state index in [-0.39, 0.29) is 34.4 Å². The minimum absolute atomic E-state index is 0.0131. The van der Waals surface area contributed by atoms with Gasteiger partial charge in [-0.1, -0.05) is 56.6 Å². The summed E-state index contributed by atoms with van der Waals surface area (Å²) in [5, 5.41) is 0.263. The zero-order valence-corrected chi connectivity index (χ0v) is 18.7. The average Bonchev–Trinajstić information content (AvgIpc) is 2.70. The molecule has 0 saturated carbocycles. The molecule has 0 atom stereocenters. The number of hydrogen-bond donors (Lipinski definition) is 0. The van der Waals surface area contributed by atoms with Crippen LogP contribution in [0.3, 0.4) is 0 Å². The van der Waals surface area contributed by atoms with Crippen LogP contribution in [0.1, 0.15) is 31.1 Å². The number of rotatable bonds is 8. The van der Waals surface area contributed by atoms with Gasteiger partial charge in [-0.2, -0.15) is 0 Å². The third kappa shape index (κ3) is 5.49. The maximum absolute atomic E-state index is 13.3. The van der Waals surface area contributed by atoms with Crippen LogP contribution in [-0.4, -0.2) is 33.3 Å². The van der Waals surface area contributed by atoms with Crippen LogP contribution in [0.4, 0.5) is 5.69 Å². The van der Waals surface area contributed by atoms with Crippen molar-refractivity contribution in [3.63, 3.8) is 0 Å². The summed E-state index contributed by atoms with van der Waals surface area (Å²) in [4.78, 5) is 24.2. The van der Waals surface area contributed by atoms with E-state index in [2.05, 4.69) is 6.58 Å². The number of para-hydroxylation sites is 1. The van der Waals surface area contributed by atoms with Crippen LogP contribution >= 0.6 is 11.6 Å². The smallest absolute Gasteiger partial charge is 0.338 e. The summed E-state index contributed by atoms with van der Waals surface area (Å²) in [6, 6.07) is 12.0. The van der Waals surface area contributed by atoms with E-state index >= 15 is 0 Å². The second-order valence-electron chi connectivity index (χ2n) is 7.55. The SMILES string of the molecule is C=CCN(c1ccccc1Cl)S(=O)(=O)c1cccc(C(=O)OCC(=O)C(C)(C)C)c1. The molecule has 0 spiro atoms. The number of nitrogens with zero attached hydrogens (tertiary/aromatic N) is 1. The summed E-state index contributed by atoms with van der Waals surface area (Å²) in [6.45, 7) is 8.38. The normalized spacial score (nSPS) is 11.6. The average molecular weight is 450 g/mol. The molecule has 0 fully saturated rings. The van der Waals surface area contributed by atoms with E-state index in [0.717, 1.165) is 4.31 Å². The second kappa shape index (κ2) is 9.45. The Morgan fingerprint density at radius 3 is 2.40 bits per heavy atom. The molecule has 0 aliphatic carbocycles. The Bertz CT molecular complexity index is 1060. The maximum Gasteiger partial charge on any atom is 0.338 e. The number of hydrogen-bond acceptors (Lipinski definition) is 5. The monoisotopic (exact) mass is 449 g/mol. The molecule has 30 heavy (non-hydrogen) atoms. The number of anilines is 1. The van der Waals surface area contributed by atoms with Crippen molar-refractivity contribution in [1.29, 1.82) is 0 Å². The van der Waals surface area contributed by atoms with Gasteiger partial charge in [-0.15, -0.1) is 6.58 Å². The summed E-state index contributed by atoms with van der Waals surface area (Å²) < 4.78 is 32.7. The summed E-state index contributed by atoms with van der Waals surface area (Å²) >= 11 is 6.19. The van der Waals surface area contributed by atoms with Crippen molar-refractivity contribution < 1.29 is 22.7 Å². The third-order valence-corrected chi connectivity index (χ3v) is 6.34. The van der Waals surface area contributed by atoms with Gasteiger partial charge in [-0.05, 0) is 30.3 Å². The highest BCUT2D eigenvalue weighted by atomic mass is 35.5. The third-order valence-electron chi connectivity index (χ3n) is 4.24. The highest BCUT2D eigenvalue weighted by Crippen LogP contribution is 2.30. The molecule has 0 amide bonds. The Morgan fingerprint density at radius 2 is 1.80 bits per heavy atom. The number of esters is 1. The number of benzene rings is 2. The summed E-state index contributed by atoms with van der Waals surface area (Å²) in [5.41, 5.74) is -0.329. The van der Waals surface area contributed by atoms with Gasteiger partial charge in [0.1, 0.15) is 0 Å². The topological polar surface area (TPSA) is 80.8 Å². The molecular weight excluding hydrogens is 426 g/mol. The molecule has 2 aromatic carbocycles. The van der Waals surface area contributed by atoms with Gasteiger partial charge in [-0.3, -0.25) is 9.10 Å². The molecule has 0 heterocycles. The van der Waals surface area contributed by atoms with Crippen molar-refractivity contribution >= 4 is 39.1 Å². The van der Waals surface area contributed by atoms with Crippen molar-refractivity contribution in [2.75, 3.05) is 17.5 Å². The summed E-state index contributed by atoms with van der Waals surface area (Å²) in [5.74, 6) is -1.02. The van der Waals surface area contributed by atoms with Gasteiger partial charge in [-0.25, -0.2) is 13.2 Å². The van der Waals surface area contributed by atoms with E-state index in [1.54, 1.807) is 45.0 Å². The molecule has 0 saturated heterocycles. The van der Waals surface area contributed by atoms with Gasteiger partial charge in [0.15, 0.2) is 12.4 Å². The Labute approximate surface area is 182 Å². The lowest BCUT2D eigenvalue weighted by Gasteiger charge is -2.24. The molecule has 0 aromatic heterocycles. The van der Waals surface area contributed by atoms with E-state index in [1.165, 1.54) is 30.3 Å². The Kier molecular flexibility index (Phi) is 7.44. The number of carbonyl (C=O) groups excluding carboxylic acids is 2. The predicted octanol–water partition coefficient (Wildman–Crippen LogP) is 4.49. The molecule has 0 unspecified atom stereocenters. The molecule has 0 bridgehead atoms. The first-order valence-electron chi connectivity index (χ1n) is 9.17. The van der Waals surface area contributed by atoms with Crippen LogP contribution in [-0.2, 0) is 19.6 Å². The molecule has 6 nitrogen and oxygen atoms in total. The van der Waals surface area contributed by atoms with Crippen molar-refractivity contribution in [2.45, 2.75) is 25.7 Å². The first-order chi connectivity index (χ1) is 14.0. The fourth-order valence-corrected chi connectivity index (χ4v) is 4.23. The van der Waals surface area contributed by atoms with Crippen LogP contribution in [0.15, 0.2) is 66.1 Å². The van der Waals surface area contributed by atoms with Crippen LogP contribution in [0.25, 0.3) is 0 Å². The van der Waals surface area contributed by atoms with Gasteiger partial charge in [0.2, 0.25) is 0 Å².